The molecular weight excluding hydrogens is 356 g/mol. The summed E-state index contributed by atoms with van der Waals surface area (Å²) in [6.07, 6.45) is 5.48. The van der Waals surface area contributed by atoms with Gasteiger partial charge in [-0.15, -0.1) is 6.42 Å². The normalized spacial score (nSPS) is 11.5. The third-order valence-corrected chi connectivity index (χ3v) is 4.89. The molecule has 4 nitrogen and oxygen atoms in total. The van der Waals surface area contributed by atoms with E-state index in [0.29, 0.717) is 28.5 Å². The Balaban J connectivity index is 2.14. The van der Waals surface area contributed by atoms with Crippen LogP contribution >= 0.6 is 22.9 Å². The Bertz CT molecular complexity index is 1040. The van der Waals surface area contributed by atoms with Crippen LogP contribution in [0.25, 0.3) is 10.2 Å². The van der Waals surface area contributed by atoms with Gasteiger partial charge in [0.15, 0.2) is 4.80 Å². The van der Waals surface area contributed by atoms with Crippen LogP contribution in [0.4, 0.5) is 0 Å². The van der Waals surface area contributed by atoms with Crippen LogP contribution in [0, 0.1) is 12.3 Å². The van der Waals surface area contributed by atoms with Crippen LogP contribution in [0.1, 0.15) is 17.3 Å². The lowest BCUT2D eigenvalue weighted by molar-refractivity contribution is 0.0998. The molecule has 0 spiro atoms. The predicted octanol–water partition coefficient (Wildman–Crippen LogP) is 4.13. The van der Waals surface area contributed by atoms with Gasteiger partial charge in [-0.2, -0.15) is 4.99 Å². The zero-order chi connectivity index (χ0) is 17.8. The number of hydrogen-bond donors (Lipinski definition) is 0. The van der Waals surface area contributed by atoms with Crippen molar-refractivity contribution in [2.45, 2.75) is 13.5 Å². The molecule has 1 amide bonds. The standard InChI is InChI=1S/C19H15ClN2O2S/c1-3-11-22-16-10-9-13(24-4-2)12-17(16)25-19(22)21-18(23)14-7-5-6-8-15(14)20/h1,5-10,12H,4,11H2,2H3. The number of carbonyl (C=O) groups is 1. The number of ether oxygens (including phenoxy) is 1. The summed E-state index contributed by atoms with van der Waals surface area (Å²) in [5, 5.41) is 0.375. The number of amides is 1. The van der Waals surface area contributed by atoms with E-state index in [1.54, 1.807) is 24.3 Å². The van der Waals surface area contributed by atoms with Gasteiger partial charge < -0.3 is 9.30 Å². The smallest absolute Gasteiger partial charge is 0.281 e. The maximum absolute atomic E-state index is 12.5. The average molecular weight is 371 g/mol. The third-order valence-electron chi connectivity index (χ3n) is 3.52. The molecule has 0 fully saturated rings. The highest BCUT2D eigenvalue weighted by atomic mass is 35.5. The number of carbonyl (C=O) groups excluding carboxylic acids is 1. The number of rotatable bonds is 4. The first-order valence-electron chi connectivity index (χ1n) is 7.67. The zero-order valence-electron chi connectivity index (χ0n) is 13.5. The van der Waals surface area contributed by atoms with Crippen molar-refractivity contribution in [1.29, 1.82) is 0 Å². The monoisotopic (exact) mass is 370 g/mol. The maximum Gasteiger partial charge on any atom is 0.281 e. The van der Waals surface area contributed by atoms with Crippen molar-refractivity contribution < 1.29 is 9.53 Å². The predicted molar refractivity (Wildman–Crippen MR) is 101 cm³/mol. The van der Waals surface area contributed by atoms with Crippen LogP contribution in [-0.2, 0) is 6.54 Å². The molecule has 0 atom stereocenters. The van der Waals surface area contributed by atoms with E-state index in [-0.39, 0.29) is 0 Å². The molecular formula is C19H15ClN2O2S. The van der Waals surface area contributed by atoms with E-state index in [0.717, 1.165) is 16.0 Å². The molecule has 126 valence electrons. The topological polar surface area (TPSA) is 43.6 Å². The first-order chi connectivity index (χ1) is 12.1. The molecule has 1 heterocycles. The lowest BCUT2D eigenvalue weighted by Crippen LogP contribution is -2.16. The van der Waals surface area contributed by atoms with E-state index in [9.17, 15) is 4.79 Å². The van der Waals surface area contributed by atoms with E-state index >= 15 is 0 Å². The number of halogens is 1. The zero-order valence-corrected chi connectivity index (χ0v) is 15.1. The van der Waals surface area contributed by atoms with Gasteiger partial charge in [0, 0.05) is 0 Å². The fraction of sp³-hybridized carbons (Fsp3) is 0.158. The molecule has 1 aromatic heterocycles. The van der Waals surface area contributed by atoms with E-state index in [1.165, 1.54) is 11.3 Å². The maximum atomic E-state index is 12.5. The van der Waals surface area contributed by atoms with E-state index in [4.69, 9.17) is 22.8 Å². The average Bonchev–Trinajstić information content (AvgIpc) is 2.92. The van der Waals surface area contributed by atoms with Crippen molar-refractivity contribution in [3.63, 3.8) is 0 Å². The second-order valence-corrected chi connectivity index (χ2v) is 6.55. The van der Waals surface area contributed by atoms with Gasteiger partial charge in [0.05, 0.1) is 34.0 Å². The van der Waals surface area contributed by atoms with Gasteiger partial charge >= 0.3 is 0 Å². The summed E-state index contributed by atoms with van der Waals surface area (Å²) < 4.78 is 8.32. The molecule has 0 saturated heterocycles. The minimum absolute atomic E-state index is 0.322. The van der Waals surface area contributed by atoms with Crippen molar-refractivity contribution in [3.8, 4) is 18.1 Å². The van der Waals surface area contributed by atoms with Crippen LogP contribution in [0.15, 0.2) is 47.5 Å². The molecule has 0 bridgehead atoms. The second-order valence-electron chi connectivity index (χ2n) is 5.13. The number of terminal acetylenes is 1. The highest BCUT2D eigenvalue weighted by Crippen LogP contribution is 2.23. The minimum atomic E-state index is -0.395. The Hall–Kier alpha value is -2.55. The summed E-state index contributed by atoms with van der Waals surface area (Å²) in [5.41, 5.74) is 1.28. The van der Waals surface area contributed by atoms with Gasteiger partial charge in [-0.1, -0.05) is 41.0 Å². The molecule has 3 rings (SSSR count). The fourth-order valence-electron chi connectivity index (χ4n) is 2.42. The fourth-order valence-corrected chi connectivity index (χ4v) is 3.69. The molecule has 3 aromatic rings. The number of aromatic nitrogens is 1. The second kappa shape index (κ2) is 7.56. The van der Waals surface area contributed by atoms with Crippen molar-refractivity contribution in [2.24, 2.45) is 4.99 Å². The number of fused-ring (bicyclic) bond motifs is 1. The van der Waals surface area contributed by atoms with Gasteiger partial charge in [-0.3, -0.25) is 4.79 Å². The summed E-state index contributed by atoms with van der Waals surface area (Å²) in [6.45, 7) is 2.84. The Morgan fingerprint density at radius 1 is 1.36 bits per heavy atom. The Morgan fingerprint density at radius 3 is 2.88 bits per heavy atom. The number of benzene rings is 2. The van der Waals surface area contributed by atoms with E-state index in [2.05, 4.69) is 10.9 Å². The largest absolute Gasteiger partial charge is 0.494 e. The van der Waals surface area contributed by atoms with E-state index in [1.807, 2.05) is 29.7 Å². The summed E-state index contributed by atoms with van der Waals surface area (Å²) >= 11 is 7.48. The highest BCUT2D eigenvalue weighted by molar-refractivity contribution is 7.16. The van der Waals surface area contributed by atoms with Gasteiger partial charge in [0.2, 0.25) is 0 Å². The molecule has 2 aromatic carbocycles. The van der Waals surface area contributed by atoms with Crippen LogP contribution in [0.5, 0.6) is 5.75 Å². The highest BCUT2D eigenvalue weighted by Gasteiger charge is 2.11. The van der Waals surface area contributed by atoms with Crippen LogP contribution in [0.3, 0.4) is 0 Å². The lowest BCUT2D eigenvalue weighted by atomic mass is 10.2. The molecule has 0 aliphatic carbocycles. The van der Waals surface area contributed by atoms with Crippen molar-refractivity contribution in [3.05, 3.63) is 57.9 Å². The van der Waals surface area contributed by atoms with Crippen molar-refractivity contribution in [2.75, 3.05) is 6.61 Å². The molecule has 0 aliphatic rings. The lowest BCUT2D eigenvalue weighted by Gasteiger charge is -2.03. The minimum Gasteiger partial charge on any atom is -0.494 e. The Kier molecular flexibility index (Phi) is 5.22. The molecule has 0 N–H and O–H groups in total. The van der Waals surface area contributed by atoms with Gasteiger partial charge in [-0.25, -0.2) is 0 Å². The number of nitrogens with zero attached hydrogens (tertiary/aromatic N) is 2. The Labute approximate surface area is 154 Å². The van der Waals surface area contributed by atoms with Crippen LogP contribution < -0.4 is 9.54 Å². The molecule has 0 saturated carbocycles. The third kappa shape index (κ3) is 3.60. The van der Waals surface area contributed by atoms with Crippen LogP contribution in [-0.4, -0.2) is 17.1 Å². The van der Waals surface area contributed by atoms with Gasteiger partial charge in [-0.05, 0) is 37.3 Å². The molecule has 0 aliphatic heterocycles. The first kappa shape index (κ1) is 17.3. The van der Waals surface area contributed by atoms with Gasteiger partial charge in [0.1, 0.15) is 5.75 Å². The molecule has 6 heteroatoms. The van der Waals surface area contributed by atoms with Gasteiger partial charge in [0.25, 0.3) is 5.91 Å². The Morgan fingerprint density at radius 2 is 2.16 bits per heavy atom. The number of thiazole rings is 1. The molecule has 0 radical (unpaired) electrons. The van der Waals surface area contributed by atoms with Crippen molar-refractivity contribution in [1.82, 2.24) is 4.57 Å². The summed E-state index contributed by atoms with van der Waals surface area (Å²) in [5.74, 6) is 2.98. The molecule has 0 unspecified atom stereocenters. The van der Waals surface area contributed by atoms with E-state index < -0.39 is 5.91 Å². The summed E-state index contributed by atoms with van der Waals surface area (Å²) in [6, 6.07) is 12.6. The van der Waals surface area contributed by atoms with Crippen LogP contribution in [0.2, 0.25) is 5.02 Å². The molecule has 25 heavy (non-hydrogen) atoms. The summed E-state index contributed by atoms with van der Waals surface area (Å²) in [7, 11) is 0. The SMILES string of the molecule is C#CCn1c(=NC(=O)c2ccccc2Cl)sc2cc(OCC)ccc21. The quantitative estimate of drug-likeness (QED) is 0.648. The summed E-state index contributed by atoms with van der Waals surface area (Å²) in [4.78, 5) is 17.3. The van der Waals surface area contributed by atoms with Crippen molar-refractivity contribution >= 4 is 39.1 Å². The number of hydrogen-bond acceptors (Lipinski definition) is 3. The first-order valence-corrected chi connectivity index (χ1v) is 8.86.